The maximum absolute atomic E-state index is 11.3. The summed E-state index contributed by atoms with van der Waals surface area (Å²) < 4.78 is 0. The molecular weight excluding hydrogens is 308 g/mol. The van der Waals surface area contributed by atoms with E-state index >= 15 is 0 Å². The fraction of sp³-hybridized carbons (Fsp3) is 0.429. The first-order chi connectivity index (χ1) is 10.1. The van der Waals surface area contributed by atoms with Crippen molar-refractivity contribution in [1.29, 1.82) is 0 Å². The van der Waals surface area contributed by atoms with Crippen LogP contribution in [0.4, 0.5) is 10.7 Å². The molecule has 2 aromatic rings. The quantitative estimate of drug-likeness (QED) is 0.645. The Morgan fingerprint density at radius 2 is 2.33 bits per heavy atom. The van der Waals surface area contributed by atoms with Crippen LogP contribution in [0, 0.1) is 10.1 Å². The lowest BCUT2D eigenvalue weighted by Gasteiger charge is -2.21. The molecule has 0 aliphatic heterocycles. The van der Waals surface area contributed by atoms with Crippen molar-refractivity contribution in [2.75, 3.05) is 4.90 Å². The number of aliphatic hydroxyl groups is 1. The standard InChI is InChI=1S/C14H16N2O3S2/c1-9(17)13-6-12(16(18)19)14(21-13)15(11-2-3-11)7-10-4-5-20-8-10/h4-6,8-9,11,17H,2-3,7H2,1H3. The Labute approximate surface area is 130 Å². The van der Waals surface area contributed by atoms with E-state index in [1.807, 2.05) is 5.38 Å². The van der Waals surface area contributed by atoms with Crippen LogP contribution in [0.5, 0.6) is 0 Å². The summed E-state index contributed by atoms with van der Waals surface area (Å²) in [6.45, 7) is 2.33. The van der Waals surface area contributed by atoms with Gasteiger partial charge in [0.25, 0.3) is 0 Å². The highest BCUT2D eigenvalue weighted by Gasteiger charge is 2.35. The predicted octanol–water partition coefficient (Wildman–Crippen LogP) is 3.94. The van der Waals surface area contributed by atoms with Crippen molar-refractivity contribution < 1.29 is 10.0 Å². The lowest BCUT2D eigenvalue weighted by Crippen LogP contribution is -2.24. The van der Waals surface area contributed by atoms with E-state index in [9.17, 15) is 15.2 Å². The van der Waals surface area contributed by atoms with Crippen LogP contribution in [0.15, 0.2) is 22.9 Å². The molecule has 1 saturated carbocycles. The number of thiophene rings is 2. The molecule has 0 spiro atoms. The molecule has 1 fully saturated rings. The van der Waals surface area contributed by atoms with E-state index in [-0.39, 0.29) is 10.6 Å². The van der Waals surface area contributed by atoms with E-state index in [4.69, 9.17) is 0 Å². The smallest absolute Gasteiger partial charge is 0.304 e. The van der Waals surface area contributed by atoms with Gasteiger partial charge in [-0.3, -0.25) is 10.1 Å². The Balaban J connectivity index is 1.96. The Morgan fingerprint density at radius 1 is 1.57 bits per heavy atom. The van der Waals surface area contributed by atoms with Crippen LogP contribution in [0.25, 0.3) is 0 Å². The van der Waals surface area contributed by atoms with Gasteiger partial charge in [-0.25, -0.2) is 0 Å². The summed E-state index contributed by atoms with van der Waals surface area (Å²) in [5, 5.41) is 25.8. The van der Waals surface area contributed by atoms with Crippen LogP contribution in [-0.2, 0) is 6.54 Å². The Bertz CT molecular complexity index is 633. The molecule has 0 aromatic carbocycles. The van der Waals surface area contributed by atoms with Crippen molar-refractivity contribution in [1.82, 2.24) is 0 Å². The minimum absolute atomic E-state index is 0.109. The fourth-order valence-corrected chi connectivity index (χ4v) is 4.06. The second-order valence-electron chi connectivity index (χ2n) is 5.26. The zero-order chi connectivity index (χ0) is 15.0. The maximum Gasteiger partial charge on any atom is 0.304 e. The average molecular weight is 324 g/mol. The van der Waals surface area contributed by atoms with Gasteiger partial charge in [0.1, 0.15) is 0 Å². The van der Waals surface area contributed by atoms with Gasteiger partial charge in [0.15, 0.2) is 5.00 Å². The second-order valence-corrected chi connectivity index (χ2v) is 7.11. The third-order valence-electron chi connectivity index (χ3n) is 3.50. The number of anilines is 1. The highest BCUT2D eigenvalue weighted by molar-refractivity contribution is 7.16. The molecule has 1 aliphatic rings. The number of nitrogens with zero attached hydrogens (tertiary/aromatic N) is 2. The Hall–Kier alpha value is -1.44. The molecule has 1 atom stereocenters. The molecular formula is C14H16N2O3S2. The van der Waals surface area contributed by atoms with Gasteiger partial charge in [0, 0.05) is 23.5 Å². The van der Waals surface area contributed by atoms with Crippen molar-refractivity contribution in [2.24, 2.45) is 0 Å². The number of rotatable bonds is 6. The molecule has 112 valence electrons. The molecule has 2 aromatic heterocycles. The van der Waals surface area contributed by atoms with Crippen LogP contribution >= 0.6 is 22.7 Å². The van der Waals surface area contributed by atoms with Gasteiger partial charge in [0.2, 0.25) is 0 Å². The first kappa shape index (κ1) is 14.5. The number of hydrogen-bond donors (Lipinski definition) is 1. The van der Waals surface area contributed by atoms with Gasteiger partial charge >= 0.3 is 5.69 Å². The minimum Gasteiger partial charge on any atom is -0.388 e. The molecule has 0 radical (unpaired) electrons. The van der Waals surface area contributed by atoms with E-state index < -0.39 is 6.10 Å². The van der Waals surface area contributed by atoms with Gasteiger partial charge in [-0.05, 0) is 42.2 Å². The molecule has 5 nitrogen and oxygen atoms in total. The first-order valence-corrected chi connectivity index (χ1v) is 8.56. The second kappa shape index (κ2) is 5.75. The van der Waals surface area contributed by atoms with E-state index in [0.29, 0.717) is 22.5 Å². The largest absolute Gasteiger partial charge is 0.388 e. The number of nitro groups is 1. The molecule has 2 heterocycles. The van der Waals surface area contributed by atoms with Gasteiger partial charge in [-0.1, -0.05) is 0 Å². The molecule has 3 rings (SSSR count). The molecule has 1 unspecified atom stereocenters. The highest BCUT2D eigenvalue weighted by atomic mass is 32.1. The lowest BCUT2D eigenvalue weighted by atomic mass is 10.3. The van der Waals surface area contributed by atoms with Crippen molar-refractivity contribution in [3.05, 3.63) is 43.4 Å². The summed E-state index contributed by atoms with van der Waals surface area (Å²) in [7, 11) is 0. The van der Waals surface area contributed by atoms with E-state index in [2.05, 4.69) is 16.3 Å². The monoisotopic (exact) mass is 324 g/mol. The van der Waals surface area contributed by atoms with Crippen LogP contribution in [-0.4, -0.2) is 16.1 Å². The number of aliphatic hydroxyl groups excluding tert-OH is 1. The van der Waals surface area contributed by atoms with Gasteiger partial charge < -0.3 is 10.0 Å². The van der Waals surface area contributed by atoms with E-state index in [1.54, 1.807) is 18.3 Å². The normalized spacial score (nSPS) is 15.9. The van der Waals surface area contributed by atoms with Crippen molar-refractivity contribution >= 4 is 33.4 Å². The SMILES string of the molecule is CC(O)c1cc([N+](=O)[O-])c(N(Cc2ccsc2)C2CC2)s1. The van der Waals surface area contributed by atoms with E-state index in [1.165, 1.54) is 23.0 Å². The van der Waals surface area contributed by atoms with Gasteiger partial charge in [-0.15, -0.1) is 11.3 Å². The van der Waals surface area contributed by atoms with Crippen molar-refractivity contribution in [3.63, 3.8) is 0 Å². The molecule has 7 heteroatoms. The van der Waals surface area contributed by atoms with Crippen molar-refractivity contribution in [2.45, 2.75) is 38.5 Å². The molecule has 0 saturated heterocycles. The Kier molecular flexibility index (Phi) is 3.97. The first-order valence-electron chi connectivity index (χ1n) is 6.80. The third kappa shape index (κ3) is 3.09. The zero-order valence-electron chi connectivity index (χ0n) is 11.6. The third-order valence-corrected chi connectivity index (χ3v) is 5.57. The summed E-state index contributed by atoms with van der Waals surface area (Å²) in [5.74, 6) is 0. The topological polar surface area (TPSA) is 66.6 Å². The molecule has 21 heavy (non-hydrogen) atoms. The fourth-order valence-electron chi connectivity index (χ4n) is 2.26. The summed E-state index contributed by atoms with van der Waals surface area (Å²) in [5.41, 5.74) is 1.28. The van der Waals surface area contributed by atoms with Crippen LogP contribution in [0.2, 0.25) is 0 Å². The average Bonchev–Trinajstić information content (AvgIpc) is 2.98. The summed E-state index contributed by atoms with van der Waals surface area (Å²) in [6, 6.07) is 3.94. The van der Waals surface area contributed by atoms with Crippen LogP contribution in [0.3, 0.4) is 0 Å². The van der Waals surface area contributed by atoms with Crippen molar-refractivity contribution in [3.8, 4) is 0 Å². The highest BCUT2D eigenvalue weighted by Crippen LogP contribution is 2.45. The molecule has 1 aliphatic carbocycles. The minimum atomic E-state index is -0.676. The number of hydrogen-bond acceptors (Lipinski definition) is 6. The summed E-state index contributed by atoms with van der Waals surface area (Å²) in [4.78, 5) is 13.7. The summed E-state index contributed by atoms with van der Waals surface area (Å²) >= 11 is 2.96. The lowest BCUT2D eigenvalue weighted by molar-refractivity contribution is -0.383. The molecule has 0 bridgehead atoms. The van der Waals surface area contributed by atoms with Crippen LogP contribution in [0.1, 0.15) is 36.3 Å². The Morgan fingerprint density at radius 3 is 2.86 bits per heavy atom. The van der Waals surface area contributed by atoms with Crippen LogP contribution < -0.4 is 4.90 Å². The van der Waals surface area contributed by atoms with E-state index in [0.717, 1.165) is 12.8 Å². The molecule has 0 amide bonds. The summed E-state index contributed by atoms with van der Waals surface area (Å²) in [6.07, 6.45) is 1.47. The van der Waals surface area contributed by atoms with Gasteiger partial charge in [-0.2, -0.15) is 11.3 Å². The predicted molar refractivity (Wildman–Crippen MR) is 85.1 cm³/mol. The molecule has 1 N–H and O–H groups in total. The van der Waals surface area contributed by atoms with Gasteiger partial charge in [0.05, 0.1) is 11.0 Å². The zero-order valence-corrected chi connectivity index (χ0v) is 13.2. The maximum atomic E-state index is 11.3.